The third-order valence-corrected chi connectivity index (χ3v) is 4.75. The van der Waals surface area contributed by atoms with Crippen LogP contribution in [0.5, 0.6) is 5.75 Å². The zero-order chi connectivity index (χ0) is 12.3. The molecule has 0 radical (unpaired) electrons. The van der Waals surface area contributed by atoms with Crippen LogP contribution in [0.3, 0.4) is 0 Å². The van der Waals surface area contributed by atoms with Gasteiger partial charge < -0.3 is 0 Å². The number of fused-ring (bicyclic) bond motifs is 1. The summed E-state index contributed by atoms with van der Waals surface area (Å²) in [5.74, 6) is 0.923. The van der Waals surface area contributed by atoms with Crippen LogP contribution < -0.4 is 10.1 Å². The first-order valence-electron chi connectivity index (χ1n) is 5.49. The molecule has 1 aromatic heterocycles. The van der Waals surface area contributed by atoms with Crippen molar-refractivity contribution in [3.05, 3.63) is 28.7 Å². The van der Waals surface area contributed by atoms with Crippen molar-refractivity contribution in [2.75, 3.05) is 13.7 Å². The van der Waals surface area contributed by atoms with Gasteiger partial charge in [-0.05, 0) is 0 Å². The van der Waals surface area contributed by atoms with Gasteiger partial charge in [0, 0.05) is 0 Å². The van der Waals surface area contributed by atoms with Gasteiger partial charge in [-0.15, -0.1) is 0 Å². The van der Waals surface area contributed by atoms with Crippen molar-refractivity contribution >= 4 is 30.1 Å². The Kier molecular flexibility index (Phi) is 3.87. The van der Waals surface area contributed by atoms with Gasteiger partial charge in [0.05, 0.1) is 0 Å². The molecule has 0 aliphatic rings. The number of amides is 1. The van der Waals surface area contributed by atoms with E-state index in [1.807, 2.05) is 6.07 Å². The molecule has 2 rings (SSSR count). The SMILES string of the molecule is COc1ccc2[se]cc(CCNC(C)=O)c2c1. The summed E-state index contributed by atoms with van der Waals surface area (Å²) >= 11 is 0.424. The Morgan fingerprint density at radius 2 is 2.29 bits per heavy atom. The Morgan fingerprint density at radius 1 is 1.47 bits per heavy atom. The van der Waals surface area contributed by atoms with E-state index in [0.29, 0.717) is 21.0 Å². The number of benzene rings is 1. The van der Waals surface area contributed by atoms with Gasteiger partial charge in [0.15, 0.2) is 0 Å². The van der Waals surface area contributed by atoms with E-state index in [2.05, 4.69) is 22.4 Å². The van der Waals surface area contributed by atoms with E-state index < -0.39 is 0 Å². The molecule has 1 aromatic carbocycles. The fourth-order valence-electron chi connectivity index (χ4n) is 1.75. The molecule has 1 amide bonds. The average molecular weight is 296 g/mol. The first-order valence-corrected chi connectivity index (χ1v) is 7.34. The molecular formula is C13H15NO2Se. The molecule has 4 heteroatoms. The second kappa shape index (κ2) is 5.39. The molecule has 3 nitrogen and oxygen atoms in total. The number of carbonyl (C=O) groups excluding carboxylic acids is 1. The summed E-state index contributed by atoms with van der Waals surface area (Å²) in [5.41, 5.74) is 1.33. The summed E-state index contributed by atoms with van der Waals surface area (Å²) in [6.07, 6.45) is 0.890. The Bertz CT molecular complexity index is 533. The normalized spacial score (nSPS) is 10.5. The van der Waals surface area contributed by atoms with E-state index in [1.54, 1.807) is 14.0 Å². The molecule has 0 bridgehead atoms. The molecular weight excluding hydrogens is 281 g/mol. The zero-order valence-corrected chi connectivity index (χ0v) is 11.7. The predicted molar refractivity (Wildman–Crippen MR) is 69.8 cm³/mol. The summed E-state index contributed by atoms with van der Waals surface area (Å²) in [7, 11) is 1.68. The fourth-order valence-corrected chi connectivity index (χ4v) is 3.81. The third-order valence-electron chi connectivity index (χ3n) is 2.63. The Labute approximate surface area is 107 Å². The molecule has 0 aliphatic heterocycles. The Hall–Kier alpha value is -1.25. The van der Waals surface area contributed by atoms with Crippen LogP contribution in [0.1, 0.15) is 12.5 Å². The third kappa shape index (κ3) is 2.90. The van der Waals surface area contributed by atoms with Crippen molar-refractivity contribution in [1.29, 1.82) is 0 Å². The summed E-state index contributed by atoms with van der Waals surface area (Å²) < 4.78 is 6.64. The number of methoxy groups -OCH3 is 1. The van der Waals surface area contributed by atoms with Gasteiger partial charge in [-0.3, -0.25) is 0 Å². The van der Waals surface area contributed by atoms with Gasteiger partial charge in [-0.2, -0.15) is 0 Å². The Balaban J connectivity index is 2.19. The van der Waals surface area contributed by atoms with E-state index in [4.69, 9.17) is 4.74 Å². The molecule has 17 heavy (non-hydrogen) atoms. The van der Waals surface area contributed by atoms with Crippen LogP contribution >= 0.6 is 0 Å². The van der Waals surface area contributed by atoms with Crippen molar-refractivity contribution in [2.24, 2.45) is 0 Å². The monoisotopic (exact) mass is 297 g/mol. The number of carbonyl (C=O) groups is 1. The molecule has 0 fully saturated rings. The quantitative estimate of drug-likeness (QED) is 0.870. The number of hydrogen-bond acceptors (Lipinski definition) is 2. The van der Waals surface area contributed by atoms with Crippen molar-refractivity contribution in [2.45, 2.75) is 13.3 Å². The van der Waals surface area contributed by atoms with Crippen molar-refractivity contribution in [3.8, 4) is 5.75 Å². The first-order chi connectivity index (χ1) is 8.20. The minimum absolute atomic E-state index is 0.0278. The molecule has 0 atom stereocenters. The number of rotatable bonds is 4. The molecule has 1 heterocycles. The van der Waals surface area contributed by atoms with Crippen molar-refractivity contribution in [1.82, 2.24) is 5.32 Å². The predicted octanol–water partition coefficient (Wildman–Crippen LogP) is 1.58. The molecule has 0 aliphatic carbocycles. The fraction of sp³-hybridized carbons (Fsp3) is 0.308. The second-order valence-corrected chi connectivity index (χ2v) is 5.77. The van der Waals surface area contributed by atoms with Gasteiger partial charge in [-0.1, -0.05) is 0 Å². The van der Waals surface area contributed by atoms with Gasteiger partial charge in [0.25, 0.3) is 0 Å². The van der Waals surface area contributed by atoms with Crippen molar-refractivity contribution in [3.63, 3.8) is 0 Å². The van der Waals surface area contributed by atoms with Crippen LogP contribution in [0.2, 0.25) is 0 Å². The summed E-state index contributed by atoms with van der Waals surface area (Å²) in [6, 6.07) is 6.23. The van der Waals surface area contributed by atoms with E-state index in [9.17, 15) is 4.79 Å². The van der Waals surface area contributed by atoms with E-state index >= 15 is 0 Å². The van der Waals surface area contributed by atoms with Crippen LogP contribution in [-0.2, 0) is 11.2 Å². The molecule has 0 unspecified atom stereocenters. The topological polar surface area (TPSA) is 38.3 Å². The van der Waals surface area contributed by atoms with Gasteiger partial charge in [0.2, 0.25) is 0 Å². The van der Waals surface area contributed by atoms with E-state index in [-0.39, 0.29) is 5.91 Å². The zero-order valence-electron chi connectivity index (χ0n) is 9.95. The van der Waals surface area contributed by atoms with Crippen molar-refractivity contribution < 1.29 is 9.53 Å². The minimum atomic E-state index is 0.0278. The number of hydrogen-bond donors (Lipinski definition) is 1. The maximum absolute atomic E-state index is 10.8. The van der Waals surface area contributed by atoms with Gasteiger partial charge >= 0.3 is 106 Å². The Morgan fingerprint density at radius 3 is 3.00 bits per heavy atom. The van der Waals surface area contributed by atoms with Crippen LogP contribution in [-0.4, -0.2) is 34.1 Å². The molecule has 0 saturated carbocycles. The van der Waals surface area contributed by atoms with Crippen LogP contribution in [0.15, 0.2) is 23.1 Å². The summed E-state index contributed by atoms with van der Waals surface area (Å²) in [4.78, 5) is 13.1. The van der Waals surface area contributed by atoms with Gasteiger partial charge in [-0.25, -0.2) is 0 Å². The van der Waals surface area contributed by atoms with Crippen LogP contribution in [0.25, 0.3) is 9.65 Å². The maximum atomic E-state index is 10.8. The van der Waals surface area contributed by atoms with Crippen LogP contribution in [0.4, 0.5) is 0 Å². The molecule has 90 valence electrons. The standard InChI is InChI=1S/C13H15NO2Se/c1-9(15)14-6-5-10-8-17-13-4-3-11(16-2)7-12(10)13/h3-4,7-8H,5-6H2,1-2H3,(H,14,15). The van der Waals surface area contributed by atoms with E-state index in [0.717, 1.165) is 12.2 Å². The van der Waals surface area contributed by atoms with Gasteiger partial charge in [0.1, 0.15) is 0 Å². The van der Waals surface area contributed by atoms with E-state index in [1.165, 1.54) is 15.2 Å². The summed E-state index contributed by atoms with van der Waals surface area (Å²) in [5, 5.41) is 4.11. The molecule has 2 aromatic rings. The number of nitrogens with one attached hydrogen (secondary N) is 1. The molecule has 0 saturated heterocycles. The van der Waals surface area contributed by atoms with Crippen LogP contribution in [0, 0.1) is 0 Å². The average Bonchev–Trinajstić information content (AvgIpc) is 2.71. The molecule has 0 spiro atoms. The second-order valence-electron chi connectivity index (χ2n) is 3.86. The molecule has 1 N–H and O–H groups in total. The number of ether oxygens (including phenoxy) is 1. The first kappa shape index (κ1) is 12.2. The summed E-state index contributed by atoms with van der Waals surface area (Å²) in [6.45, 7) is 2.25.